The highest BCUT2D eigenvalue weighted by molar-refractivity contribution is 6.17. The molecule has 0 radical (unpaired) electrons. The minimum Gasteiger partial charge on any atom is -0.383 e. The van der Waals surface area contributed by atoms with Gasteiger partial charge >= 0.3 is 0 Å². The second kappa shape index (κ2) is 35.5. The predicted octanol–water partition coefficient (Wildman–Crippen LogP) is 27.9. The summed E-state index contributed by atoms with van der Waals surface area (Å²) in [7, 11) is 0. The summed E-state index contributed by atoms with van der Waals surface area (Å²) in [6, 6.07) is 90.4. The zero-order valence-corrected chi connectivity index (χ0v) is 68.2. The van der Waals surface area contributed by atoms with Crippen molar-refractivity contribution in [3.05, 3.63) is 398 Å². The molecule has 0 saturated heterocycles. The molecule has 0 spiro atoms. The van der Waals surface area contributed by atoms with Crippen LogP contribution in [0, 0.1) is 83.1 Å². The summed E-state index contributed by atoms with van der Waals surface area (Å²) in [6.45, 7) is 46.6. The quantitative estimate of drug-likeness (QED) is 0.0468. The van der Waals surface area contributed by atoms with E-state index in [1.165, 1.54) is 167 Å². The lowest BCUT2D eigenvalue weighted by Crippen LogP contribution is -2.19. The molecule has 0 amide bonds. The van der Waals surface area contributed by atoms with Crippen molar-refractivity contribution >= 4 is 35.2 Å². The van der Waals surface area contributed by atoms with Crippen molar-refractivity contribution in [1.82, 2.24) is 0 Å². The monoisotopic (exact) mass is 1420 g/mol. The van der Waals surface area contributed by atoms with Gasteiger partial charge in [0, 0.05) is 84.2 Å². The number of nitrogens with one attached hydrogen (secondary N) is 2. The van der Waals surface area contributed by atoms with E-state index in [4.69, 9.17) is 9.98 Å². The Bertz CT molecular complexity index is 4580. The van der Waals surface area contributed by atoms with E-state index in [1.54, 1.807) is 0 Å². The summed E-state index contributed by atoms with van der Waals surface area (Å²) in [5, 5.41) is 8.07. The normalized spacial score (nSPS) is 13.8. The van der Waals surface area contributed by atoms with Gasteiger partial charge in [0.15, 0.2) is 0 Å². The van der Waals surface area contributed by atoms with Gasteiger partial charge in [0.1, 0.15) is 0 Å². The number of nitrogens with zero attached hydrogens (tertiary/aromatic N) is 2. The Hall–Kier alpha value is -10.4. The number of hydrogen-bond acceptors (Lipinski definition) is 4. The van der Waals surface area contributed by atoms with Crippen LogP contribution in [0.1, 0.15) is 259 Å². The number of aliphatic imine (C=N–C) groups is 2. The molecule has 8 atom stereocenters. The molecular weight excluding hydrogens is 1310 g/mol. The number of anilines is 2. The van der Waals surface area contributed by atoms with Gasteiger partial charge in [-0.2, -0.15) is 0 Å². The summed E-state index contributed by atoms with van der Waals surface area (Å²) in [5.74, 6) is 1.62. The maximum absolute atomic E-state index is 5.33. The number of benzene rings is 12. The molecule has 4 heteroatoms. The molecule has 0 aliphatic carbocycles. The van der Waals surface area contributed by atoms with Gasteiger partial charge in [0.2, 0.25) is 0 Å². The summed E-state index contributed by atoms with van der Waals surface area (Å²) in [6.07, 6.45) is 3.84. The van der Waals surface area contributed by atoms with Crippen LogP contribution in [0.25, 0.3) is 0 Å². The molecule has 0 aliphatic heterocycles. The van der Waals surface area contributed by atoms with Crippen molar-refractivity contribution in [1.29, 1.82) is 0 Å². The van der Waals surface area contributed by atoms with E-state index < -0.39 is 0 Å². The molecule has 0 fully saturated rings. The Balaban J connectivity index is 0.000000215. The number of rotatable bonds is 24. The van der Waals surface area contributed by atoms with Crippen molar-refractivity contribution in [3.63, 3.8) is 0 Å². The fourth-order valence-electron chi connectivity index (χ4n) is 16.3. The third-order valence-corrected chi connectivity index (χ3v) is 22.6. The van der Waals surface area contributed by atoms with Crippen LogP contribution in [0.4, 0.5) is 22.7 Å². The second-order valence-electron chi connectivity index (χ2n) is 31.7. The zero-order valence-electron chi connectivity index (χ0n) is 68.2. The fourth-order valence-corrected chi connectivity index (χ4v) is 16.3. The second-order valence-corrected chi connectivity index (χ2v) is 31.7. The van der Waals surface area contributed by atoms with Crippen LogP contribution < -0.4 is 10.6 Å². The molecule has 552 valence electrons. The summed E-state index contributed by atoms with van der Waals surface area (Å²) >= 11 is 0. The van der Waals surface area contributed by atoms with Crippen LogP contribution >= 0.6 is 0 Å². The van der Waals surface area contributed by atoms with Crippen molar-refractivity contribution in [2.45, 2.75) is 186 Å². The van der Waals surface area contributed by atoms with Gasteiger partial charge in [0.25, 0.3) is 0 Å². The fraction of sp³-hybridized carbons (Fsp3) is 0.288. The van der Waals surface area contributed by atoms with Gasteiger partial charge in [0.05, 0.1) is 11.4 Å². The SMILES string of the molecule is Cc1cccc([C@@H](C)c2cc(C)cc([C@H](C)c3cccc(C)c3)c2N=CC=Nc2c([C@@H](C)c3cccc(C)c3)cc(C)cc2[C@@H](C)c2cccc(C)c2)c1.Cc1cccc([C@@H](C)c2cc(C)cc([C@H](C)c3cccc(C)c3)c2NCCNc2c([C@@H](C)c3cccc(C)c3)cc(C)cc2[C@@H](C)c2cccc(C)c2)c1. The van der Waals surface area contributed by atoms with Gasteiger partial charge < -0.3 is 10.6 Å². The molecule has 0 heterocycles. The largest absolute Gasteiger partial charge is 0.383 e. The molecule has 0 aromatic heterocycles. The standard InChI is InChI=1S/C52H60N2.C52H56N2/c2*1-33-15-11-19-43(25-33)39(7)47-29-37(5)30-48(40(8)44-20-12-16-34(2)26-44)51(47)53-23-24-54-52-49(41(9)45-21-13-17-35(3)27-45)31-38(6)32-50(52)42(10)46-22-14-18-36(4)28-46/h11-22,25-32,39-42,53-54H,23-24H2,1-10H3;11-32,39-42H,1-10H3/t2*39-,40-,41+,42+. The van der Waals surface area contributed by atoms with E-state index in [2.05, 4.69) is 392 Å². The minimum atomic E-state index is 0.165. The van der Waals surface area contributed by atoms with Gasteiger partial charge in [-0.3, -0.25) is 9.98 Å². The molecule has 12 aromatic carbocycles. The first-order valence-corrected chi connectivity index (χ1v) is 39.4. The van der Waals surface area contributed by atoms with Crippen molar-refractivity contribution in [3.8, 4) is 0 Å². The van der Waals surface area contributed by atoms with Gasteiger partial charge in [-0.15, -0.1) is 0 Å². The van der Waals surface area contributed by atoms with Crippen LogP contribution in [0.3, 0.4) is 0 Å². The Labute approximate surface area is 649 Å². The van der Waals surface area contributed by atoms with Crippen LogP contribution in [0.2, 0.25) is 0 Å². The molecule has 12 aromatic rings. The Morgan fingerprint density at radius 1 is 0.213 bits per heavy atom. The average Bonchev–Trinajstić information content (AvgIpc) is 0.798. The molecule has 108 heavy (non-hydrogen) atoms. The van der Waals surface area contributed by atoms with Crippen molar-refractivity contribution < 1.29 is 0 Å². The highest BCUT2D eigenvalue weighted by Crippen LogP contribution is 2.46. The van der Waals surface area contributed by atoms with Crippen molar-refractivity contribution in [2.75, 3.05) is 23.7 Å². The summed E-state index contributed by atoms with van der Waals surface area (Å²) in [4.78, 5) is 10.7. The molecule has 0 saturated carbocycles. The lowest BCUT2D eigenvalue weighted by Gasteiger charge is -2.27. The van der Waals surface area contributed by atoms with Gasteiger partial charge in [-0.1, -0.05) is 365 Å². The molecule has 12 rings (SSSR count). The van der Waals surface area contributed by atoms with Crippen LogP contribution in [0.15, 0.2) is 253 Å². The minimum absolute atomic E-state index is 0.165. The van der Waals surface area contributed by atoms with Crippen LogP contribution in [0.5, 0.6) is 0 Å². The molecule has 0 aliphatic rings. The third-order valence-electron chi connectivity index (χ3n) is 22.6. The van der Waals surface area contributed by atoms with E-state index >= 15 is 0 Å². The Morgan fingerprint density at radius 3 is 0.537 bits per heavy atom. The van der Waals surface area contributed by atoms with E-state index in [-0.39, 0.29) is 47.3 Å². The van der Waals surface area contributed by atoms with Crippen LogP contribution in [-0.4, -0.2) is 25.5 Å². The number of hydrogen-bond donors (Lipinski definition) is 2. The van der Waals surface area contributed by atoms with Gasteiger partial charge in [-0.25, -0.2) is 0 Å². The lowest BCUT2D eigenvalue weighted by molar-refractivity contribution is 0.871. The van der Waals surface area contributed by atoms with E-state index in [9.17, 15) is 0 Å². The van der Waals surface area contributed by atoms with E-state index in [0.29, 0.717) is 0 Å². The maximum Gasteiger partial charge on any atom is 0.0706 e. The molecule has 0 bridgehead atoms. The van der Waals surface area contributed by atoms with Gasteiger partial charge in [-0.05, 0) is 172 Å². The first kappa shape index (κ1) is 78.6. The summed E-state index contributed by atoms with van der Waals surface area (Å²) in [5.41, 5.74) is 40.8. The molecule has 0 unspecified atom stereocenters. The average molecular weight is 1420 g/mol. The lowest BCUT2D eigenvalue weighted by atomic mass is 9.83. The third kappa shape index (κ3) is 19.1. The maximum atomic E-state index is 5.33. The van der Waals surface area contributed by atoms with Crippen molar-refractivity contribution in [2.24, 2.45) is 9.98 Å². The topological polar surface area (TPSA) is 48.8 Å². The predicted molar refractivity (Wildman–Crippen MR) is 468 cm³/mol. The highest BCUT2D eigenvalue weighted by atomic mass is 15.0. The number of aryl methyl sites for hydroxylation is 12. The first-order valence-electron chi connectivity index (χ1n) is 39.4. The first-order chi connectivity index (χ1) is 51.8. The highest BCUT2D eigenvalue weighted by Gasteiger charge is 2.27. The van der Waals surface area contributed by atoms with E-state index in [0.717, 1.165) is 24.5 Å². The van der Waals surface area contributed by atoms with E-state index in [1.807, 2.05) is 12.4 Å². The Kier molecular flexibility index (Phi) is 25.9. The van der Waals surface area contributed by atoms with Crippen LogP contribution in [-0.2, 0) is 0 Å². The molecule has 4 nitrogen and oxygen atoms in total. The molecular formula is C104H116N4. The Morgan fingerprint density at radius 2 is 0.370 bits per heavy atom. The summed E-state index contributed by atoms with van der Waals surface area (Å²) < 4.78 is 0. The smallest absolute Gasteiger partial charge is 0.0706 e. The zero-order chi connectivity index (χ0) is 77.0. The molecule has 2 N–H and O–H groups in total.